The minimum absolute atomic E-state index is 0. The van der Waals surface area contributed by atoms with Crippen molar-refractivity contribution in [2.45, 2.75) is 17.7 Å². The predicted molar refractivity (Wildman–Crippen MR) is 108 cm³/mol. The van der Waals surface area contributed by atoms with Crippen molar-refractivity contribution in [1.82, 2.24) is 9.62 Å². The highest BCUT2D eigenvalue weighted by Gasteiger charge is 2.22. The third-order valence-corrected chi connectivity index (χ3v) is 6.09. The average molecular weight is 406 g/mol. The summed E-state index contributed by atoms with van der Waals surface area (Å²) in [6.45, 7) is 2.54. The van der Waals surface area contributed by atoms with Gasteiger partial charge in [0.2, 0.25) is 10.0 Å². The molecule has 5 nitrogen and oxygen atoms in total. The van der Waals surface area contributed by atoms with E-state index in [9.17, 15) is 8.42 Å². The van der Waals surface area contributed by atoms with Gasteiger partial charge in [-0.1, -0.05) is 24.3 Å². The van der Waals surface area contributed by atoms with Gasteiger partial charge >= 0.3 is 0 Å². The molecule has 25 heavy (non-hydrogen) atoms. The zero-order valence-corrected chi connectivity index (χ0v) is 16.6. The molecule has 0 bridgehead atoms. The zero-order valence-electron chi connectivity index (χ0n) is 14.1. The van der Waals surface area contributed by atoms with Gasteiger partial charge in [-0.2, -0.15) is 0 Å². The van der Waals surface area contributed by atoms with Crippen molar-refractivity contribution < 1.29 is 8.42 Å². The van der Waals surface area contributed by atoms with Gasteiger partial charge in [-0.15, -0.1) is 24.8 Å². The standard InChI is InChI=1S/C17H23N3O2S.2ClH/c1-20-10-8-13(9-11-20)12-19-23(21,22)17-7-3-4-14-15(17)5-2-6-16(14)18;;/h2-7,13,19H,8-12,18H2,1H3;2*1H. The summed E-state index contributed by atoms with van der Waals surface area (Å²) in [4.78, 5) is 2.58. The number of hydrogen-bond acceptors (Lipinski definition) is 4. The Kier molecular flexibility index (Phi) is 7.96. The number of anilines is 1. The molecule has 1 saturated heterocycles. The quantitative estimate of drug-likeness (QED) is 0.766. The summed E-state index contributed by atoms with van der Waals surface area (Å²) in [6.07, 6.45) is 2.06. The van der Waals surface area contributed by atoms with Gasteiger partial charge in [0.1, 0.15) is 0 Å². The molecule has 8 heteroatoms. The number of nitrogens with zero attached hydrogens (tertiary/aromatic N) is 1. The topological polar surface area (TPSA) is 75.4 Å². The van der Waals surface area contributed by atoms with Crippen molar-refractivity contribution in [1.29, 1.82) is 0 Å². The van der Waals surface area contributed by atoms with Gasteiger partial charge in [0.05, 0.1) is 4.90 Å². The third kappa shape index (κ3) is 4.99. The van der Waals surface area contributed by atoms with Crippen LogP contribution in [0.25, 0.3) is 10.8 Å². The Morgan fingerprint density at radius 3 is 2.36 bits per heavy atom. The van der Waals surface area contributed by atoms with Crippen LogP contribution < -0.4 is 10.5 Å². The lowest BCUT2D eigenvalue weighted by Gasteiger charge is -2.28. The van der Waals surface area contributed by atoms with Crippen molar-refractivity contribution in [3.8, 4) is 0 Å². The van der Waals surface area contributed by atoms with Gasteiger partial charge in [0, 0.05) is 23.0 Å². The molecule has 0 amide bonds. The van der Waals surface area contributed by atoms with E-state index in [1.54, 1.807) is 30.3 Å². The molecule has 0 radical (unpaired) electrons. The molecule has 2 aromatic carbocycles. The molecule has 0 spiro atoms. The molecule has 3 N–H and O–H groups in total. The maximum absolute atomic E-state index is 12.7. The Bertz CT molecular complexity index is 807. The Balaban J connectivity index is 0.00000156. The molecule has 0 saturated carbocycles. The van der Waals surface area contributed by atoms with Gasteiger partial charge in [-0.25, -0.2) is 13.1 Å². The average Bonchev–Trinajstić information content (AvgIpc) is 2.54. The zero-order chi connectivity index (χ0) is 16.4. The molecule has 1 aliphatic heterocycles. The first kappa shape index (κ1) is 22.0. The van der Waals surface area contributed by atoms with E-state index in [0.717, 1.165) is 31.3 Å². The number of rotatable bonds is 4. The highest BCUT2D eigenvalue weighted by molar-refractivity contribution is 7.89. The lowest BCUT2D eigenvalue weighted by molar-refractivity contribution is 0.220. The second-order valence-corrected chi connectivity index (χ2v) is 8.03. The molecule has 0 aromatic heterocycles. The first-order chi connectivity index (χ1) is 11.0. The minimum atomic E-state index is -3.54. The molecule has 1 fully saturated rings. The Morgan fingerprint density at radius 1 is 1.08 bits per heavy atom. The van der Waals surface area contributed by atoms with Crippen molar-refractivity contribution >= 4 is 51.3 Å². The van der Waals surface area contributed by atoms with Crippen LogP contribution in [-0.2, 0) is 10.0 Å². The van der Waals surface area contributed by atoms with Crippen molar-refractivity contribution in [3.63, 3.8) is 0 Å². The highest BCUT2D eigenvalue weighted by Crippen LogP contribution is 2.27. The first-order valence-corrected chi connectivity index (χ1v) is 9.41. The number of nitrogens with one attached hydrogen (secondary N) is 1. The number of nitrogens with two attached hydrogens (primary N) is 1. The summed E-state index contributed by atoms with van der Waals surface area (Å²) in [5.74, 6) is 0.404. The van der Waals surface area contributed by atoms with Crippen LogP contribution >= 0.6 is 24.8 Å². The summed E-state index contributed by atoms with van der Waals surface area (Å²) in [5, 5.41) is 1.44. The van der Waals surface area contributed by atoms with E-state index >= 15 is 0 Å². The predicted octanol–water partition coefficient (Wildman–Crippen LogP) is 2.89. The maximum Gasteiger partial charge on any atom is 0.241 e. The largest absolute Gasteiger partial charge is 0.398 e. The van der Waals surface area contributed by atoms with Gasteiger partial charge in [-0.05, 0) is 51.0 Å². The maximum atomic E-state index is 12.7. The second-order valence-electron chi connectivity index (χ2n) is 6.30. The molecule has 3 rings (SSSR count). The molecule has 2 aromatic rings. The summed E-state index contributed by atoms with van der Waals surface area (Å²) in [7, 11) is -1.44. The SMILES string of the molecule is CN1CCC(CNS(=O)(=O)c2cccc3c(N)cccc23)CC1.Cl.Cl. The number of sulfonamides is 1. The fourth-order valence-corrected chi connectivity index (χ4v) is 4.45. The summed E-state index contributed by atoms with van der Waals surface area (Å²) >= 11 is 0. The number of hydrogen-bond donors (Lipinski definition) is 2. The fraction of sp³-hybridized carbons (Fsp3) is 0.412. The van der Waals surface area contributed by atoms with Crippen molar-refractivity contribution in [2.24, 2.45) is 5.92 Å². The monoisotopic (exact) mass is 405 g/mol. The van der Waals surface area contributed by atoms with Crippen molar-refractivity contribution in [3.05, 3.63) is 36.4 Å². The molecule has 0 aliphatic carbocycles. The summed E-state index contributed by atoms with van der Waals surface area (Å²) in [6, 6.07) is 10.6. The third-order valence-electron chi connectivity index (χ3n) is 4.61. The van der Waals surface area contributed by atoms with E-state index in [0.29, 0.717) is 28.4 Å². The smallest absolute Gasteiger partial charge is 0.241 e. The Labute approximate surface area is 161 Å². The minimum Gasteiger partial charge on any atom is -0.398 e. The molecule has 1 heterocycles. The second kappa shape index (κ2) is 9.05. The highest BCUT2D eigenvalue weighted by atomic mass is 35.5. The molecular weight excluding hydrogens is 381 g/mol. The van der Waals surface area contributed by atoms with Crippen LogP contribution in [0.3, 0.4) is 0 Å². The van der Waals surface area contributed by atoms with E-state index in [4.69, 9.17) is 5.73 Å². The normalized spacial score (nSPS) is 16.2. The first-order valence-electron chi connectivity index (χ1n) is 7.93. The number of fused-ring (bicyclic) bond motifs is 1. The van der Waals surface area contributed by atoms with Crippen LogP contribution in [0, 0.1) is 5.92 Å². The fourth-order valence-electron chi connectivity index (χ4n) is 3.11. The number of benzene rings is 2. The van der Waals surface area contributed by atoms with Crippen LogP contribution in [0.1, 0.15) is 12.8 Å². The molecule has 1 aliphatic rings. The number of piperidine rings is 1. The van der Waals surface area contributed by atoms with Crippen LogP contribution in [0.2, 0.25) is 0 Å². The summed E-state index contributed by atoms with van der Waals surface area (Å²) in [5.41, 5.74) is 6.54. The molecule has 0 atom stereocenters. The van der Waals surface area contributed by atoms with Crippen LogP contribution in [0.15, 0.2) is 41.3 Å². The van der Waals surface area contributed by atoms with Gasteiger partial charge in [0.15, 0.2) is 0 Å². The van der Waals surface area contributed by atoms with E-state index in [-0.39, 0.29) is 24.8 Å². The Morgan fingerprint density at radius 2 is 1.68 bits per heavy atom. The van der Waals surface area contributed by atoms with Crippen molar-refractivity contribution in [2.75, 3.05) is 32.4 Å². The van der Waals surface area contributed by atoms with Gasteiger partial charge in [0.25, 0.3) is 0 Å². The lowest BCUT2D eigenvalue weighted by atomic mass is 9.98. The van der Waals surface area contributed by atoms with Crippen LogP contribution in [0.5, 0.6) is 0 Å². The number of likely N-dealkylation sites (tertiary alicyclic amines) is 1. The van der Waals surface area contributed by atoms with E-state index < -0.39 is 10.0 Å². The Hall–Kier alpha value is -1.05. The van der Waals surface area contributed by atoms with Gasteiger partial charge in [-0.3, -0.25) is 0 Å². The van der Waals surface area contributed by atoms with E-state index in [1.807, 2.05) is 6.07 Å². The summed E-state index contributed by atoms with van der Waals surface area (Å²) < 4.78 is 28.2. The van der Waals surface area contributed by atoms with Crippen LogP contribution in [0.4, 0.5) is 5.69 Å². The van der Waals surface area contributed by atoms with Crippen LogP contribution in [-0.4, -0.2) is 40.0 Å². The number of halogens is 2. The molecular formula is C17H25Cl2N3O2S. The lowest BCUT2D eigenvalue weighted by Crippen LogP contribution is -2.36. The van der Waals surface area contributed by atoms with Gasteiger partial charge < -0.3 is 10.6 Å². The van der Waals surface area contributed by atoms with E-state index in [1.165, 1.54) is 0 Å². The molecule has 140 valence electrons. The van der Waals surface area contributed by atoms with E-state index in [2.05, 4.69) is 16.7 Å². The number of nitrogen functional groups attached to an aromatic ring is 1. The molecule has 0 unspecified atom stereocenters.